The molecule has 0 N–H and O–H groups in total. The van der Waals surface area contributed by atoms with Crippen molar-refractivity contribution in [2.75, 3.05) is 7.11 Å². The van der Waals surface area contributed by atoms with E-state index in [-0.39, 0.29) is 5.60 Å². The first-order chi connectivity index (χ1) is 7.78. The van der Waals surface area contributed by atoms with E-state index in [9.17, 15) is 0 Å². The smallest absolute Gasteiger partial charge is 0.0721 e. The number of benzene rings is 1. The molecule has 1 saturated carbocycles. The third kappa shape index (κ3) is 2.54. The third-order valence-corrected chi connectivity index (χ3v) is 3.11. The van der Waals surface area contributed by atoms with Crippen LogP contribution in [0.1, 0.15) is 24.0 Å². The maximum atomic E-state index is 8.22. The molecule has 16 heavy (non-hydrogen) atoms. The van der Waals surface area contributed by atoms with Crippen LogP contribution >= 0.6 is 0 Å². The summed E-state index contributed by atoms with van der Waals surface area (Å²) in [6, 6.07) is 8.19. The predicted octanol–water partition coefficient (Wildman–Crippen LogP) is 3.22. The molecule has 1 aromatic rings. The number of hydrogen-bond acceptors (Lipinski definition) is 2. The summed E-state index contributed by atoms with van der Waals surface area (Å²) in [7, 11) is 1.78. The normalized spacial score (nSPS) is 16.6. The molecule has 1 aliphatic carbocycles. The van der Waals surface area contributed by atoms with Gasteiger partial charge < -0.3 is 4.74 Å². The van der Waals surface area contributed by atoms with Crippen molar-refractivity contribution in [1.29, 1.82) is 0 Å². The highest BCUT2D eigenvalue weighted by Gasteiger charge is 2.42. The lowest BCUT2D eigenvalue weighted by Crippen LogP contribution is -2.14. The van der Waals surface area contributed by atoms with Crippen molar-refractivity contribution in [3.05, 3.63) is 45.8 Å². The molecule has 0 saturated heterocycles. The monoisotopic (exact) mass is 217 g/mol. The Bertz CT molecular complexity index is 403. The number of hydrogen-bond donors (Lipinski definition) is 0. The summed E-state index contributed by atoms with van der Waals surface area (Å²) in [5, 5.41) is 3.53. The molecule has 0 aliphatic heterocycles. The zero-order valence-corrected chi connectivity index (χ0v) is 9.39. The maximum absolute atomic E-state index is 8.22. The summed E-state index contributed by atoms with van der Waals surface area (Å²) < 4.78 is 5.48. The van der Waals surface area contributed by atoms with E-state index in [4.69, 9.17) is 10.3 Å². The van der Waals surface area contributed by atoms with Gasteiger partial charge in [-0.05, 0) is 29.5 Å². The van der Waals surface area contributed by atoms with Crippen LogP contribution in [0.3, 0.4) is 0 Å². The van der Waals surface area contributed by atoms with E-state index in [1.54, 1.807) is 7.11 Å². The Morgan fingerprint density at radius 3 is 2.44 bits per heavy atom. The average Bonchev–Trinajstić information content (AvgIpc) is 3.09. The molecule has 2 rings (SSSR count). The molecular weight excluding hydrogens is 202 g/mol. The molecule has 0 amide bonds. The molecule has 84 valence electrons. The van der Waals surface area contributed by atoms with Crippen LogP contribution in [0, 0.1) is 0 Å². The lowest BCUT2D eigenvalue weighted by atomic mass is 10.0. The highest BCUT2D eigenvalue weighted by molar-refractivity contribution is 5.25. The first-order valence-corrected chi connectivity index (χ1v) is 5.42. The first-order valence-electron chi connectivity index (χ1n) is 5.42. The van der Waals surface area contributed by atoms with Gasteiger partial charge in [0.2, 0.25) is 0 Å². The van der Waals surface area contributed by atoms with Gasteiger partial charge in [0.25, 0.3) is 0 Å². The van der Waals surface area contributed by atoms with Gasteiger partial charge in [0.1, 0.15) is 0 Å². The van der Waals surface area contributed by atoms with Crippen molar-refractivity contribution >= 4 is 0 Å². The standard InChI is InChI=1S/C12H15N3O/c1-16-12(6-7-12)8-10-2-4-11(5-3-10)9-14-15-13/h2-5H,6-9H2,1H3. The Balaban J connectivity index is 1.99. The molecular formula is C12H15N3O. The topological polar surface area (TPSA) is 58.0 Å². The number of ether oxygens (including phenoxy) is 1. The van der Waals surface area contributed by atoms with Crippen LogP contribution < -0.4 is 0 Å². The van der Waals surface area contributed by atoms with Crippen LogP contribution in [0.4, 0.5) is 0 Å². The van der Waals surface area contributed by atoms with Crippen molar-refractivity contribution in [3.8, 4) is 0 Å². The Kier molecular flexibility index (Phi) is 3.13. The van der Waals surface area contributed by atoms with E-state index in [0.717, 1.165) is 24.8 Å². The average molecular weight is 217 g/mol. The van der Waals surface area contributed by atoms with E-state index in [2.05, 4.69) is 22.2 Å². The highest BCUT2D eigenvalue weighted by atomic mass is 16.5. The second kappa shape index (κ2) is 4.56. The van der Waals surface area contributed by atoms with Gasteiger partial charge in [-0.25, -0.2) is 0 Å². The minimum Gasteiger partial charge on any atom is -0.378 e. The van der Waals surface area contributed by atoms with Crippen LogP contribution in [0.25, 0.3) is 10.4 Å². The Morgan fingerprint density at radius 2 is 1.94 bits per heavy atom. The van der Waals surface area contributed by atoms with Gasteiger partial charge in [-0.15, -0.1) is 0 Å². The lowest BCUT2D eigenvalue weighted by Gasteiger charge is -2.13. The molecule has 0 radical (unpaired) electrons. The fourth-order valence-corrected chi connectivity index (χ4v) is 1.84. The van der Waals surface area contributed by atoms with Crippen LogP contribution in [0.5, 0.6) is 0 Å². The Hall–Kier alpha value is -1.51. The summed E-state index contributed by atoms with van der Waals surface area (Å²) >= 11 is 0. The molecule has 0 heterocycles. The predicted molar refractivity (Wildman–Crippen MR) is 62.0 cm³/mol. The van der Waals surface area contributed by atoms with E-state index in [1.165, 1.54) is 5.56 Å². The fraction of sp³-hybridized carbons (Fsp3) is 0.500. The molecule has 0 bridgehead atoms. The van der Waals surface area contributed by atoms with Crippen molar-refractivity contribution in [2.24, 2.45) is 5.11 Å². The zero-order valence-electron chi connectivity index (χ0n) is 9.39. The quantitative estimate of drug-likeness (QED) is 0.424. The van der Waals surface area contributed by atoms with Gasteiger partial charge in [-0.2, -0.15) is 0 Å². The summed E-state index contributed by atoms with van der Waals surface area (Å²) in [5.41, 5.74) is 10.6. The van der Waals surface area contributed by atoms with Gasteiger partial charge >= 0.3 is 0 Å². The van der Waals surface area contributed by atoms with Crippen LogP contribution in [0.15, 0.2) is 29.4 Å². The molecule has 1 fully saturated rings. The molecule has 4 nitrogen and oxygen atoms in total. The van der Waals surface area contributed by atoms with E-state index in [0.29, 0.717) is 6.54 Å². The number of rotatable bonds is 5. The Morgan fingerprint density at radius 1 is 1.31 bits per heavy atom. The highest BCUT2D eigenvalue weighted by Crippen LogP contribution is 2.41. The second-order valence-electron chi connectivity index (χ2n) is 4.27. The van der Waals surface area contributed by atoms with Crippen LogP contribution in [-0.4, -0.2) is 12.7 Å². The van der Waals surface area contributed by atoms with Gasteiger partial charge in [0, 0.05) is 18.4 Å². The number of methoxy groups -OCH3 is 1. The second-order valence-corrected chi connectivity index (χ2v) is 4.27. The Labute approximate surface area is 94.9 Å². The largest absolute Gasteiger partial charge is 0.378 e. The first kappa shape index (κ1) is 11.0. The zero-order chi connectivity index (χ0) is 11.4. The minimum atomic E-state index is 0.103. The minimum absolute atomic E-state index is 0.103. The number of nitrogens with zero attached hydrogens (tertiary/aromatic N) is 3. The van der Waals surface area contributed by atoms with Crippen molar-refractivity contribution < 1.29 is 4.74 Å². The summed E-state index contributed by atoms with van der Waals surface area (Å²) in [4.78, 5) is 2.74. The van der Waals surface area contributed by atoms with Gasteiger partial charge in [0.15, 0.2) is 0 Å². The lowest BCUT2D eigenvalue weighted by molar-refractivity contribution is 0.0807. The molecule has 0 spiro atoms. The maximum Gasteiger partial charge on any atom is 0.0721 e. The van der Waals surface area contributed by atoms with Crippen LogP contribution in [-0.2, 0) is 17.7 Å². The molecule has 4 heteroatoms. The van der Waals surface area contributed by atoms with Crippen LogP contribution in [0.2, 0.25) is 0 Å². The van der Waals surface area contributed by atoms with Gasteiger partial charge in [-0.1, -0.05) is 29.4 Å². The fourth-order valence-electron chi connectivity index (χ4n) is 1.84. The van der Waals surface area contributed by atoms with E-state index in [1.807, 2.05) is 12.1 Å². The molecule has 1 aliphatic rings. The molecule has 0 aromatic heterocycles. The van der Waals surface area contributed by atoms with E-state index < -0.39 is 0 Å². The molecule has 0 unspecified atom stereocenters. The summed E-state index contributed by atoms with van der Waals surface area (Å²) in [5.74, 6) is 0. The van der Waals surface area contributed by atoms with Gasteiger partial charge in [-0.3, -0.25) is 0 Å². The molecule has 1 aromatic carbocycles. The molecule has 0 atom stereocenters. The SMILES string of the molecule is COC1(Cc2ccc(CN=[N+]=[N-])cc2)CC1. The van der Waals surface area contributed by atoms with Crippen molar-refractivity contribution in [2.45, 2.75) is 31.4 Å². The number of azide groups is 1. The summed E-state index contributed by atoms with van der Waals surface area (Å²) in [6.45, 7) is 0.423. The third-order valence-electron chi connectivity index (χ3n) is 3.11. The summed E-state index contributed by atoms with van der Waals surface area (Å²) in [6.07, 6.45) is 3.29. The van der Waals surface area contributed by atoms with Gasteiger partial charge in [0.05, 0.1) is 12.1 Å². The van der Waals surface area contributed by atoms with E-state index >= 15 is 0 Å². The van der Waals surface area contributed by atoms with Crippen molar-refractivity contribution in [1.82, 2.24) is 0 Å². The van der Waals surface area contributed by atoms with Crippen molar-refractivity contribution in [3.63, 3.8) is 0 Å².